The predicted octanol–water partition coefficient (Wildman–Crippen LogP) is 4.07. The molecule has 0 saturated heterocycles. The summed E-state index contributed by atoms with van der Waals surface area (Å²) in [5.74, 6) is -1.63. The molecule has 4 nitrogen and oxygen atoms in total. The molecule has 0 aromatic heterocycles. The van der Waals surface area contributed by atoms with E-state index in [0.717, 1.165) is 0 Å². The lowest BCUT2D eigenvalue weighted by molar-refractivity contribution is -0.122. The molecule has 2 aromatic rings. The van der Waals surface area contributed by atoms with Crippen LogP contribution in [0.5, 0.6) is 0 Å². The normalized spacial score (nSPS) is 12.3. The summed E-state index contributed by atoms with van der Waals surface area (Å²) in [6, 6.07) is 15.5. The highest BCUT2D eigenvalue weighted by Crippen LogP contribution is 2.17. The predicted molar refractivity (Wildman–Crippen MR) is 97.1 cm³/mol. The molecule has 2 aromatic carbocycles. The molecule has 0 aliphatic rings. The summed E-state index contributed by atoms with van der Waals surface area (Å²) in [6.07, 6.45) is 1.39. The number of aliphatic imine (C=N–C) groups is 1. The third-order valence-corrected chi connectivity index (χ3v) is 3.51. The Kier molecular flexibility index (Phi) is 6.27. The quantitative estimate of drug-likeness (QED) is 0.489. The van der Waals surface area contributed by atoms with E-state index < -0.39 is 5.92 Å². The van der Waals surface area contributed by atoms with Crippen LogP contribution in [-0.4, -0.2) is 23.9 Å². The Morgan fingerprint density at radius 3 is 2.25 bits per heavy atom. The van der Waals surface area contributed by atoms with E-state index in [-0.39, 0.29) is 17.7 Å². The molecule has 0 aliphatic heterocycles. The van der Waals surface area contributed by atoms with Crippen molar-refractivity contribution < 1.29 is 9.59 Å². The van der Waals surface area contributed by atoms with Crippen molar-refractivity contribution in [2.24, 2.45) is 10.9 Å². The van der Waals surface area contributed by atoms with E-state index in [0.29, 0.717) is 16.3 Å². The van der Waals surface area contributed by atoms with Crippen LogP contribution in [0.15, 0.2) is 59.6 Å². The maximum atomic E-state index is 12.7. The van der Waals surface area contributed by atoms with Crippen molar-refractivity contribution in [1.82, 2.24) is 5.32 Å². The Morgan fingerprint density at radius 2 is 1.67 bits per heavy atom. The Balaban J connectivity index is 2.27. The number of nitrogens with one attached hydrogen (secondary N) is 1. The molecule has 0 bridgehead atoms. The van der Waals surface area contributed by atoms with Crippen LogP contribution in [0.3, 0.4) is 0 Å². The molecule has 1 atom stereocenters. The zero-order valence-corrected chi connectivity index (χ0v) is 14.3. The first-order chi connectivity index (χ1) is 11.5. The summed E-state index contributed by atoms with van der Waals surface area (Å²) in [4.78, 5) is 29.3. The van der Waals surface area contributed by atoms with Crippen LogP contribution >= 0.6 is 11.6 Å². The number of halogens is 1. The Hall–Kier alpha value is -2.46. The molecule has 0 aliphatic carbocycles. The fourth-order valence-corrected chi connectivity index (χ4v) is 2.22. The van der Waals surface area contributed by atoms with Gasteiger partial charge in [0.05, 0.1) is 5.69 Å². The van der Waals surface area contributed by atoms with Crippen molar-refractivity contribution >= 4 is 35.2 Å². The van der Waals surface area contributed by atoms with E-state index in [9.17, 15) is 9.59 Å². The molecule has 0 spiro atoms. The van der Waals surface area contributed by atoms with E-state index in [1.165, 1.54) is 6.21 Å². The number of rotatable bonds is 6. The largest absolute Gasteiger partial charge is 0.353 e. The molecular formula is C19H19ClN2O2. The highest BCUT2D eigenvalue weighted by atomic mass is 35.5. The zero-order valence-electron chi connectivity index (χ0n) is 13.6. The van der Waals surface area contributed by atoms with Crippen molar-refractivity contribution in [2.75, 3.05) is 0 Å². The number of nitrogens with zero attached hydrogens (tertiary/aromatic N) is 1. The smallest absolute Gasteiger partial charge is 0.236 e. The van der Waals surface area contributed by atoms with Gasteiger partial charge in [-0.1, -0.05) is 41.9 Å². The first-order valence-electron chi connectivity index (χ1n) is 7.67. The van der Waals surface area contributed by atoms with Gasteiger partial charge in [0.2, 0.25) is 5.91 Å². The van der Waals surface area contributed by atoms with Crippen molar-refractivity contribution in [3.8, 4) is 0 Å². The third-order valence-electron chi connectivity index (χ3n) is 3.25. The van der Waals surface area contributed by atoms with E-state index in [1.54, 1.807) is 48.5 Å². The number of carbonyl (C=O) groups is 2. The van der Waals surface area contributed by atoms with Crippen molar-refractivity contribution in [3.05, 3.63) is 65.2 Å². The number of carbonyl (C=O) groups excluding carboxylic acids is 2. The van der Waals surface area contributed by atoms with Gasteiger partial charge in [-0.05, 0) is 38.1 Å². The molecule has 24 heavy (non-hydrogen) atoms. The van der Waals surface area contributed by atoms with Crippen molar-refractivity contribution in [2.45, 2.75) is 19.9 Å². The lowest BCUT2D eigenvalue weighted by atomic mass is 9.97. The summed E-state index contributed by atoms with van der Waals surface area (Å²) in [7, 11) is 0. The van der Waals surface area contributed by atoms with Gasteiger partial charge in [0.1, 0.15) is 5.92 Å². The standard InChI is InChI=1S/C19H19ClN2O2/c1-13(2)22-19(24)17(18(23)14-6-4-3-5-7-14)12-21-16-10-8-15(20)9-11-16/h3-13,17H,1-2H3,(H,22,24). The van der Waals surface area contributed by atoms with E-state index in [1.807, 2.05) is 19.9 Å². The van der Waals surface area contributed by atoms with Crippen LogP contribution in [0.1, 0.15) is 24.2 Å². The van der Waals surface area contributed by atoms with Crippen molar-refractivity contribution in [3.63, 3.8) is 0 Å². The zero-order chi connectivity index (χ0) is 17.5. The molecule has 1 unspecified atom stereocenters. The van der Waals surface area contributed by atoms with E-state index in [2.05, 4.69) is 10.3 Å². The SMILES string of the molecule is CC(C)NC(=O)C(C=Nc1ccc(Cl)cc1)C(=O)c1ccccc1. The molecule has 0 fully saturated rings. The summed E-state index contributed by atoms with van der Waals surface area (Å²) in [5.41, 5.74) is 1.10. The minimum absolute atomic E-state index is 0.0625. The molecule has 0 heterocycles. The van der Waals surface area contributed by atoms with Gasteiger partial charge in [-0.25, -0.2) is 0 Å². The number of hydrogen-bond acceptors (Lipinski definition) is 3. The number of ketones is 1. The molecule has 0 saturated carbocycles. The van der Waals surface area contributed by atoms with Gasteiger partial charge in [0, 0.05) is 22.8 Å². The summed E-state index contributed by atoms with van der Waals surface area (Å²) < 4.78 is 0. The fraction of sp³-hybridized carbons (Fsp3) is 0.211. The van der Waals surface area contributed by atoms with Crippen LogP contribution in [0.4, 0.5) is 5.69 Å². The van der Waals surface area contributed by atoms with Crippen LogP contribution in [0, 0.1) is 5.92 Å². The molecule has 1 N–H and O–H groups in total. The summed E-state index contributed by atoms with van der Waals surface area (Å²) in [6.45, 7) is 3.69. The Labute approximate surface area is 146 Å². The van der Waals surface area contributed by atoms with Gasteiger partial charge in [0.15, 0.2) is 5.78 Å². The maximum Gasteiger partial charge on any atom is 0.236 e. The second-order valence-electron chi connectivity index (χ2n) is 5.63. The highest BCUT2D eigenvalue weighted by molar-refractivity contribution is 6.30. The summed E-state index contributed by atoms with van der Waals surface area (Å²) >= 11 is 5.84. The molecule has 0 radical (unpaired) electrons. The number of Topliss-reactive ketones (excluding diaryl/α,β-unsaturated/α-hetero) is 1. The van der Waals surface area contributed by atoms with Gasteiger partial charge in [0.25, 0.3) is 0 Å². The second-order valence-corrected chi connectivity index (χ2v) is 6.06. The van der Waals surface area contributed by atoms with Crippen LogP contribution < -0.4 is 5.32 Å². The minimum atomic E-state index is -0.981. The topological polar surface area (TPSA) is 58.5 Å². The Morgan fingerprint density at radius 1 is 1.04 bits per heavy atom. The summed E-state index contributed by atoms with van der Waals surface area (Å²) in [5, 5.41) is 3.37. The van der Waals surface area contributed by atoms with Gasteiger partial charge < -0.3 is 5.32 Å². The number of benzene rings is 2. The maximum absolute atomic E-state index is 12.7. The van der Waals surface area contributed by atoms with Gasteiger partial charge >= 0.3 is 0 Å². The van der Waals surface area contributed by atoms with Gasteiger partial charge in [-0.2, -0.15) is 0 Å². The number of hydrogen-bond donors (Lipinski definition) is 1. The first kappa shape index (κ1) is 17.9. The Bertz CT molecular complexity index is 725. The molecule has 5 heteroatoms. The minimum Gasteiger partial charge on any atom is -0.353 e. The van der Waals surface area contributed by atoms with Crippen LogP contribution in [0.25, 0.3) is 0 Å². The average Bonchev–Trinajstić information content (AvgIpc) is 2.56. The van der Waals surface area contributed by atoms with E-state index in [4.69, 9.17) is 11.6 Å². The third kappa shape index (κ3) is 5.03. The lowest BCUT2D eigenvalue weighted by Crippen LogP contribution is -2.39. The van der Waals surface area contributed by atoms with Gasteiger partial charge in [-0.3, -0.25) is 14.6 Å². The lowest BCUT2D eigenvalue weighted by Gasteiger charge is -2.14. The average molecular weight is 343 g/mol. The first-order valence-corrected chi connectivity index (χ1v) is 8.04. The molecular weight excluding hydrogens is 324 g/mol. The highest BCUT2D eigenvalue weighted by Gasteiger charge is 2.26. The molecule has 1 amide bonds. The fourth-order valence-electron chi connectivity index (χ4n) is 2.10. The monoisotopic (exact) mass is 342 g/mol. The van der Waals surface area contributed by atoms with Crippen LogP contribution in [0.2, 0.25) is 5.02 Å². The number of amides is 1. The molecule has 124 valence electrons. The van der Waals surface area contributed by atoms with Crippen LogP contribution in [-0.2, 0) is 4.79 Å². The van der Waals surface area contributed by atoms with Crippen molar-refractivity contribution in [1.29, 1.82) is 0 Å². The van der Waals surface area contributed by atoms with E-state index >= 15 is 0 Å². The second kappa shape index (κ2) is 8.41. The van der Waals surface area contributed by atoms with Gasteiger partial charge in [-0.15, -0.1) is 0 Å². The molecule has 2 rings (SSSR count).